The molecule has 0 bridgehead atoms. The first kappa shape index (κ1) is 18.4. The van der Waals surface area contributed by atoms with E-state index in [9.17, 15) is 0 Å². The lowest BCUT2D eigenvalue weighted by Gasteiger charge is -2.09. The summed E-state index contributed by atoms with van der Waals surface area (Å²) in [5.41, 5.74) is 2.18. The second-order valence-electron chi connectivity index (χ2n) is 5.21. The van der Waals surface area contributed by atoms with Crippen LogP contribution in [-0.2, 0) is 19.7 Å². The predicted octanol–water partition coefficient (Wildman–Crippen LogP) is 1.81. The second kappa shape index (κ2) is 9.38. The monoisotopic (exact) mass is 362 g/mol. The summed E-state index contributed by atoms with van der Waals surface area (Å²) in [4.78, 5) is 0. The van der Waals surface area contributed by atoms with Gasteiger partial charge in [0.05, 0.1) is 12.8 Å². The van der Waals surface area contributed by atoms with E-state index in [2.05, 4.69) is 17.4 Å². The fraction of sp³-hybridized carbons (Fsp3) is 0.158. The Morgan fingerprint density at radius 2 is 1.71 bits per heavy atom. The summed E-state index contributed by atoms with van der Waals surface area (Å²) in [6.07, 6.45) is 1.68. The topological polar surface area (TPSA) is 34.4 Å². The highest BCUT2D eigenvalue weighted by molar-refractivity contribution is 6.31. The van der Waals surface area contributed by atoms with Gasteiger partial charge in [-0.05, 0) is 35.9 Å². The van der Waals surface area contributed by atoms with Crippen molar-refractivity contribution in [1.29, 1.82) is 0 Å². The molecule has 1 aromatic heterocycles. The van der Waals surface area contributed by atoms with Gasteiger partial charge in [-0.1, -0.05) is 41.9 Å². The first-order chi connectivity index (χ1) is 11.3. The fourth-order valence-corrected chi connectivity index (χ4v) is 2.41. The molecule has 3 aromatic rings. The molecule has 24 heavy (non-hydrogen) atoms. The fourth-order valence-electron chi connectivity index (χ4n) is 2.22. The number of rotatable bonds is 7. The maximum absolute atomic E-state index is 6.12. The van der Waals surface area contributed by atoms with Gasteiger partial charge in [-0.25, -0.2) is 0 Å². The summed E-state index contributed by atoms with van der Waals surface area (Å²) < 4.78 is 11.1. The van der Waals surface area contributed by atoms with Crippen molar-refractivity contribution in [2.45, 2.75) is 19.7 Å². The molecule has 3 nitrogen and oxygen atoms in total. The molecule has 0 aliphatic carbocycles. The van der Waals surface area contributed by atoms with Gasteiger partial charge in [0.2, 0.25) is 0 Å². The minimum absolute atomic E-state index is 0. The minimum Gasteiger partial charge on any atom is -1.00 e. The molecule has 0 saturated heterocycles. The Labute approximate surface area is 153 Å². The van der Waals surface area contributed by atoms with Crippen LogP contribution in [0, 0.1) is 0 Å². The van der Waals surface area contributed by atoms with Crippen LogP contribution < -0.4 is 22.5 Å². The molecular weight excluding hydrogens is 345 g/mol. The van der Waals surface area contributed by atoms with Gasteiger partial charge in [0, 0.05) is 17.1 Å². The summed E-state index contributed by atoms with van der Waals surface area (Å²) >= 11 is 6.12. The van der Waals surface area contributed by atoms with Crippen molar-refractivity contribution >= 4 is 11.6 Å². The largest absolute Gasteiger partial charge is 1.00 e. The third-order valence-electron chi connectivity index (χ3n) is 3.48. The van der Waals surface area contributed by atoms with E-state index in [1.807, 2.05) is 48.5 Å². The molecule has 0 amide bonds. The molecule has 2 aromatic carbocycles. The van der Waals surface area contributed by atoms with Crippen LogP contribution in [0.25, 0.3) is 0 Å². The molecule has 3 rings (SSSR count). The first-order valence-corrected chi connectivity index (χ1v) is 7.87. The summed E-state index contributed by atoms with van der Waals surface area (Å²) in [5.74, 6) is 1.77. The highest BCUT2D eigenvalue weighted by atomic mass is 35.5. The Balaban J connectivity index is 0.00000208. The maximum Gasteiger partial charge on any atom is 0.119 e. The van der Waals surface area contributed by atoms with E-state index in [0.717, 1.165) is 35.2 Å². The molecule has 0 saturated carbocycles. The zero-order valence-electron chi connectivity index (χ0n) is 13.0. The van der Waals surface area contributed by atoms with Crippen LogP contribution in [0.15, 0.2) is 71.3 Å². The van der Waals surface area contributed by atoms with E-state index in [4.69, 9.17) is 20.8 Å². The highest BCUT2D eigenvalue weighted by Gasteiger charge is 2.01. The third-order valence-corrected chi connectivity index (χ3v) is 3.85. The van der Waals surface area contributed by atoms with Crippen molar-refractivity contribution < 1.29 is 21.6 Å². The van der Waals surface area contributed by atoms with Crippen LogP contribution in [-0.4, -0.2) is 0 Å². The van der Waals surface area contributed by atoms with E-state index < -0.39 is 0 Å². The average molecular weight is 363 g/mol. The molecule has 1 N–H and O–H groups in total. The quantitative estimate of drug-likeness (QED) is 0.695. The van der Waals surface area contributed by atoms with Gasteiger partial charge < -0.3 is 26.9 Å². The third kappa shape index (κ3) is 5.31. The van der Waals surface area contributed by atoms with Crippen LogP contribution in [0.1, 0.15) is 16.9 Å². The van der Waals surface area contributed by atoms with Crippen LogP contribution in [0.5, 0.6) is 5.75 Å². The van der Waals surface area contributed by atoms with Gasteiger partial charge in [0.1, 0.15) is 18.1 Å². The Morgan fingerprint density at radius 3 is 2.42 bits per heavy atom. The van der Waals surface area contributed by atoms with Crippen LogP contribution in [0.2, 0.25) is 5.02 Å². The first-order valence-electron chi connectivity index (χ1n) is 7.49. The van der Waals surface area contributed by atoms with E-state index in [1.165, 1.54) is 5.56 Å². The smallest absolute Gasteiger partial charge is 0.119 e. The Bertz CT molecular complexity index is 727. The molecule has 1 heterocycles. The second-order valence-corrected chi connectivity index (χ2v) is 5.61. The number of furan rings is 1. The van der Waals surface area contributed by atoms with Crippen molar-refractivity contribution in [3.63, 3.8) is 0 Å². The van der Waals surface area contributed by atoms with Crippen molar-refractivity contribution in [1.82, 2.24) is 5.32 Å². The van der Waals surface area contributed by atoms with Crippen molar-refractivity contribution in [3.05, 3.63) is 88.8 Å². The van der Waals surface area contributed by atoms with E-state index >= 15 is 0 Å². The van der Waals surface area contributed by atoms with Crippen LogP contribution in [0.4, 0.5) is 0 Å². The van der Waals surface area contributed by atoms with Gasteiger partial charge in [-0.3, -0.25) is 0 Å². The number of benzene rings is 2. The Kier molecular flexibility index (Phi) is 7.19. The molecule has 5 heteroatoms. The predicted molar refractivity (Wildman–Crippen MR) is 91.5 cm³/mol. The molecule has 0 fully saturated rings. The highest BCUT2D eigenvalue weighted by Crippen LogP contribution is 2.19. The average Bonchev–Trinajstić information content (AvgIpc) is 3.09. The number of hydrogen-bond donors (Lipinski definition) is 1. The zero-order chi connectivity index (χ0) is 15.9. The van der Waals surface area contributed by atoms with Gasteiger partial charge in [0.25, 0.3) is 0 Å². The minimum atomic E-state index is 0. The lowest BCUT2D eigenvalue weighted by atomic mass is 10.2. The van der Waals surface area contributed by atoms with Gasteiger partial charge >= 0.3 is 0 Å². The summed E-state index contributed by atoms with van der Waals surface area (Å²) in [7, 11) is 0. The number of nitrogens with one attached hydrogen (secondary N) is 1. The Hall–Kier alpha value is -1.94. The van der Waals surface area contributed by atoms with Crippen LogP contribution >= 0.6 is 11.6 Å². The molecule has 0 aliphatic rings. The molecule has 126 valence electrons. The lowest BCUT2D eigenvalue weighted by molar-refractivity contribution is -0.00000543. The van der Waals surface area contributed by atoms with Crippen molar-refractivity contribution in [3.8, 4) is 5.75 Å². The molecule has 0 unspecified atom stereocenters. The summed E-state index contributed by atoms with van der Waals surface area (Å²) in [6.45, 7) is 1.97. The molecule has 0 aliphatic heterocycles. The SMILES string of the molecule is Clc1ccccc1COc1ccc(CNCc2ccco2)cc1.[Cl-]. The van der Waals surface area contributed by atoms with Gasteiger partial charge in [-0.2, -0.15) is 0 Å². The van der Waals surface area contributed by atoms with E-state index in [1.54, 1.807) is 6.26 Å². The van der Waals surface area contributed by atoms with Crippen molar-refractivity contribution in [2.24, 2.45) is 0 Å². The standard InChI is InChI=1S/C19H18ClNO2.ClH/c20-19-6-2-1-4-16(19)14-23-17-9-7-15(8-10-17)12-21-13-18-5-3-11-22-18;/h1-11,21H,12-14H2;1H/p-1. The number of ether oxygens (including phenoxy) is 1. The molecular formula is C19H18Cl2NO2-. The Morgan fingerprint density at radius 1 is 0.917 bits per heavy atom. The normalized spacial score (nSPS) is 10.2. The van der Waals surface area contributed by atoms with E-state index in [-0.39, 0.29) is 12.4 Å². The van der Waals surface area contributed by atoms with Gasteiger partial charge in [0.15, 0.2) is 0 Å². The van der Waals surface area contributed by atoms with Gasteiger partial charge in [-0.15, -0.1) is 0 Å². The molecule has 0 atom stereocenters. The summed E-state index contributed by atoms with van der Waals surface area (Å²) in [6, 6.07) is 19.6. The number of hydrogen-bond acceptors (Lipinski definition) is 3. The lowest BCUT2D eigenvalue weighted by Crippen LogP contribution is -3.00. The molecule has 0 spiro atoms. The van der Waals surface area contributed by atoms with Crippen LogP contribution in [0.3, 0.4) is 0 Å². The van der Waals surface area contributed by atoms with E-state index in [0.29, 0.717) is 6.61 Å². The molecule has 0 radical (unpaired) electrons. The number of halogens is 2. The zero-order valence-corrected chi connectivity index (χ0v) is 14.6. The summed E-state index contributed by atoms with van der Waals surface area (Å²) in [5, 5.41) is 4.06. The maximum atomic E-state index is 6.12. The van der Waals surface area contributed by atoms with Crippen molar-refractivity contribution in [2.75, 3.05) is 0 Å².